The van der Waals surface area contributed by atoms with Crippen LogP contribution < -0.4 is 4.74 Å². The molecule has 0 aliphatic rings. The van der Waals surface area contributed by atoms with Gasteiger partial charge in [-0.25, -0.2) is 0 Å². The maximum absolute atomic E-state index is 5.93. The number of hydrogen-bond donors (Lipinski definition) is 0. The van der Waals surface area contributed by atoms with E-state index >= 15 is 0 Å². The second-order valence-corrected chi connectivity index (χ2v) is 9.61. The Hall–Kier alpha value is -1.03. The monoisotopic (exact) mass is 520 g/mol. The molecule has 0 fully saturated rings. The van der Waals surface area contributed by atoms with Gasteiger partial charge in [0.05, 0.1) is 6.61 Å². The van der Waals surface area contributed by atoms with E-state index in [0.717, 1.165) is 18.8 Å². The van der Waals surface area contributed by atoms with Gasteiger partial charge in [-0.2, -0.15) is 0 Å². The molecule has 0 aliphatic heterocycles. The number of hydrogen-bond acceptors (Lipinski definition) is 1. The normalized spacial score (nSPS) is 11.0. The minimum absolute atomic E-state index is 0.834. The lowest BCUT2D eigenvalue weighted by atomic mass is 10.0. The van der Waals surface area contributed by atoms with Crippen LogP contribution in [0, 0.1) is 3.57 Å². The first-order chi connectivity index (χ1) is 14.8. The van der Waals surface area contributed by atoms with Gasteiger partial charge in [0.15, 0.2) is 0 Å². The Kier molecular flexibility index (Phi) is 14.0. The van der Waals surface area contributed by atoms with Crippen molar-refractivity contribution in [2.75, 3.05) is 6.61 Å². The number of unbranched alkanes of at least 4 members (excludes halogenated alkanes) is 13. The van der Waals surface area contributed by atoms with E-state index in [1.165, 1.54) is 98.2 Å². The van der Waals surface area contributed by atoms with Gasteiger partial charge in [0, 0.05) is 3.57 Å². The zero-order valence-electron chi connectivity index (χ0n) is 19.0. The molecule has 0 N–H and O–H groups in total. The fourth-order valence-corrected chi connectivity index (χ4v) is 4.61. The summed E-state index contributed by atoms with van der Waals surface area (Å²) < 4.78 is 7.22. The predicted molar refractivity (Wildman–Crippen MR) is 140 cm³/mol. The van der Waals surface area contributed by atoms with Gasteiger partial charge in [0.25, 0.3) is 0 Å². The summed E-state index contributed by atoms with van der Waals surface area (Å²) >= 11 is 2.40. The molecular weight excluding hydrogens is 479 g/mol. The second-order valence-electron chi connectivity index (χ2n) is 8.45. The minimum Gasteiger partial charge on any atom is -0.494 e. The van der Waals surface area contributed by atoms with Crippen LogP contribution in [-0.4, -0.2) is 6.61 Å². The Labute approximate surface area is 199 Å². The number of rotatable bonds is 17. The summed E-state index contributed by atoms with van der Waals surface area (Å²) in [5.41, 5.74) is 2.54. The molecule has 2 aromatic rings. The van der Waals surface area contributed by atoms with Crippen molar-refractivity contribution in [2.45, 2.75) is 96.8 Å². The molecule has 0 heterocycles. The third-order valence-electron chi connectivity index (χ3n) is 5.81. The van der Waals surface area contributed by atoms with Crippen LogP contribution >= 0.6 is 22.6 Å². The van der Waals surface area contributed by atoms with Crippen LogP contribution in [0.2, 0.25) is 0 Å². The first-order valence-corrected chi connectivity index (χ1v) is 13.4. The molecule has 30 heavy (non-hydrogen) atoms. The van der Waals surface area contributed by atoms with Crippen LogP contribution in [0.5, 0.6) is 5.75 Å². The van der Waals surface area contributed by atoms with Crippen LogP contribution in [0.1, 0.15) is 96.8 Å². The number of halogens is 1. The smallest absolute Gasteiger partial charge is 0.119 e. The fourth-order valence-electron chi connectivity index (χ4n) is 3.91. The minimum atomic E-state index is 0.834. The topological polar surface area (TPSA) is 9.23 Å². The first-order valence-electron chi connectivity index (χ1n) is 12.3. The third-order valence-corrected chi connectivity index (χ3v) is 6.75. The molecule has 1 nitrogen and oxygen atoms in total. The van der Waals surface area contributed by atoms with Gasteiger partial charge < -0.3 is 4.74 Å². The molecule has 0 atom stereocenters. The van der Waals surface area contributed by atoms with Gasteiger partial charge in [-0.1, -0.05) is 121 Å². The zero-order valence-corrected chi connectivity index (χ0v) is 21.2. The Morgan fingerprint density at radius 3 is 1.63 bits per heavy atom. The largest absolute Gasteiger partial charge is 0.494 e. The van der Waals surface area contributed by atoms with Crippen molar-refractivity contribution in [3.63, 3.8) is 0 Å². The van der Waals surface area contributed by atoms with Crippen molar-refractivity contribution >= 4 is 22.6 Å². The third kappa shape index (κ3) is 10.8. The second kappa shape index (κ2) is 16.6. The van der Waals surface area contributed by atoms with Crippen LogP contribution in [0.3, 0.4) is 0 Å². The molecule has 0 saturated carbocycles. The van der Waals surface area contributed by atoms with E-state index in [1.807, 2.05) is 0 Å². The van der Waals surface area contributed by atoms with E-state index in [2.05, 4.69) is 78.0 Å². The van der Waals surface area contributed by atoms with E-state index in [4.69, 9.17) is 4.74 Å². The lowest BCUT2D eigenvalue weighted by molar-refractivity contribution is 0.304. The summed E-state index contributed by atoms with van der Waals surface area (Å²) in [5, 5.41) is 0. The quantitative estimate of drug-likeness (QED) is 0.149. The van der Waals surface area contributed by atoms with Gasteiger partial charge in [-0.05, 0) is 58.3 Å². The highest BCUT2D eigenvalue weighted by molar-refractivity contribution is 14.1. The Morgan fingerprint density at radius 2 is 1.10 bits per heavy atom. The highest BCUT2D eigenvalue weighted by atomic mass is 127. The average molecular weight is 521 g/mol. The number of benzene rings is 2. The molecule has 0 saturated heterocycles. The Balaban J connectivity index is 1.43. The predicted octanol–water partition coefficient (Wildman–Crippen LogP) is 9.82. The summed E-state index contributed by atoms with van der Waals surface area (Å²) in [6.07, 6.45) is 19.5. The van der Waals surface area contributed by atoms with Gasteiger partial charge in [-0.15, -0.1) is 0 Å². The maximum atomic E-state index is 5.93. The van der Waals surface area contributed by atoms with Crippen LogP contribution in [0.15, 0.2) is 48.5 Å². The SMILES string of the molecule is CCCCCCCCCCCCCCCCOc1ccc(-c2ccccc2I)cc1. The molecule has 2 rings (SSSR count). The molecule has 166 valence electrons. The molecule has 0 spiro atoms. The van der Waals surface area contributed by atoms with Crippen LogP contribution in [0.4, 0.5) is 0 Å². The van der Waals surface area contributed by atoms with Crippen molar-refractivity contribution in [1.82, 2.24) is 0 Å². The lowest BCUT2D eigenvalue weighted by Crippen LogP contribution is -1.97. The van der Waals surface area contributed by atoms with Gasteiger partial charge in [-0.3, -0.25) is 0 Å². The van der Waals surface area contributed by atoms with Crippen molar-refractivity contribution in [1.29, 1.82) is 0 Å². The molecule has 2 aromatic carbocycles. The van der Waals surface area contributed by atoms with Crippen molar-refractivity contribution < 1.29 is 4.74 Å². The van der Waals surface area contributed by atoms with Crippen molar-refractivity contribution in [3.8, 4) is 16.9 Å². The highest BCUT2D eigenvalue weighted by Crippen LogP contribution is 2.26. The summed E-state index contributed by atoms with van der Waals surface area (Å²) in [6.45, 7) is 3.12. The van der Waals surface area contributed by atoms with Crippen LogP contribution in [-0.2, 0) is 0 Å². The first kappa shape index (κ1) is 25.2. The molecule has 0 amide bonds. The highest BCUT2D eigenvalue weighted by Gasteiger charge is 2.02. The molecule has 0 aliphatic carbocycles. The summed E-state index contributed by atoms with van der Waals surface area (Å²) in [7, 11) is 0. The van der Waals surface area contributed by atoms with E-state index in [-0.39, 0.29) is 0 Å². The molecule has 0 unspecified atom stereocenters. The van der Waals surface area contributed by atoms with Gasteiger partial charge in [0.2, 0.25) is 0 Å². The fraction of sp³-hybridized carbons (Fsp3) is 0.571. The van der Waals surface area contributed by atoms with E-state index in [9.17, 15) is 0 Å². The maximum Gasteiger partial charge on any atom is 0.119 e. The average Bonchev–Trinajstić information content (AvgIpc) is 2.77. The van der Waals surface area contributed by atoms with Crippen molar-refractivity contribution in [2.24, 2.45) is 0 Å². The lowest BCUT2D eigenvalue weighted by Gasteiger charge is -2.08. The van der Waals surface area contributed by atoms with E-state index in [1.54, 1.807) is 0 Å². The molecule has 0 bridgehead atoms. The summed E-state index contributed by atoms with van der Waals surface area (Å²) in [5.74, 6) is 0.986. The van der Waals surface area contributed by atoms with Crippen LogP contribution in [0.25, 0.3) is 11.1 Å². The molecule has 0 aromatic heterocycles. The van der Waals surface area contributed by atoms with Gasteiger partial charge in [0.1, 0.15) is 5.75 Å². The molecule has 0 radical (unpaired) electrons. The Morgan fingerprint density at radius 1 is 0.600 bits per heavy atom. The van der Waals surface area contributed by atoms with Crippen molar-refractivity contribution in [3.05, 3.63) is 52.1 Å². The summed E-state index contributed by atoms with van der Waals surface area (Å²) in [4.78, 5) is 0. The Bertz CT molecular complexity index is 665. The van der Waals surface area contributed by atoms with Gasteiger partial charge >= 0.3 is 0 Å². The van der Waals surface area contributed by atoms with E-state index < -0.39 is 0 Å². The van der Waals surface area contributed by atoms with E-state index in [0.29, 0.717) is 0 Å². The molecule has 2 heteroatoms. The summed E-state index contributed by atoms with van der Waals surface area (Å²) in [6, 6.07) is 17.0. The number of ether oxygens (including phenoxy) is 1. The standard InChI is InChI=1S/C28H41IO/c1-2-3-4-5-6-7-8-9-10-11-12-13-14-17-24-30-26-22-20-25(21-23-26)27-18-15-16-19-28(27)29/h15-16,18-23H,2-14,17,24H2,1H3. The molecular formula is C28H41IO. The zero-order chi connectivity index (χ0) is 21.3.